The first-order valence-corrected chi connectivity index (χ1v) is 5.45. The number of nitrogens with zero attached hydrogens (tertiary/aromatic N) is 1. The van der Waals surface area contributed by atoms with Crippen LogP contribution in [0.5, 0.6) is 0 Å². The summed E-state index contributed by atoms with van der Waals surface area (Å²) in [6, 6.07) is 16.5. The van der Waals surface area contributed by atoms with Crippen LogP contribution in [0.2, 0.25) is 0 Å². The van der Waals surface area contributed by atoms with Crippen LogP contribution in [0.25, 0.3) is 22.0 Å². The normalized spacial score (nSPS) is 10.6. The number of benzene rings is 2. The van der Waals surface area contributed by atoms with E-state index in [1.54, 1.807) is 18.3 Å². The quantitative estimate of drug-likeness (QED) is 0.606. The van der Waals surface area contributed by atoms with Gasteiger partial charge in [0.1, 0.15) is 5.82 Å². The first-order valence-electron chi connectivity index (χ1n) is 5.45. The van der Waals surface area contributed by atoms with E-state index in [4.69, 9.17) is 0 Å². The number of rotatable bonds is 1. The molecule has 0 N–H and O–H groups in total. The molecule has 1 heterocycles. The lowest BCUT2D eigenvalue weighted by Crippen LogP contribution is -1.86. The van der Waals surface area contributed by atoms with E-state index >= 15 is 0 Å². The van der Waals surface area contributed by atoms with E-state index in [2.05, 4.69) is 4.98 Å². The van der Waals surface area contributed by atoms with Crippen molar-refractivity contribution in [3.8, 4) is 11.3 Å². The molecule has 0 aliphatic carbocycles. The summed E-state index contributed by atoms with van der Waals surface area (Å²) in [4.78, 5) is 4.31. The van der Waals surface area contributed by atoms with E-state index in [-0.39, 0.29) is 5.82 Å². The molecule has 0 radical (unpaired) electrons. The van der Waals surface area contributed by atoms with Gasteiger partial charge in [0.2, 0.25) is 0 Å². The number of hydrogen-bond acceptors (Lipinski definition) is 1. The van der Waals surface area contributed by atoms with Gasteiger partial charge in [-0.05, 0) is 29.7 Å². The maximum Gasteiger partial charge on any atom is 0.131 e. The maximum absolute atomic E-state index is 13.7. The molecule has 0 saturated heterocycles. The Labute approximate surface area is 98.6 Å². The summed E-state index contributed by atoms with van der Waals surface area (Å²) < 4.78 is 13.7. The Kier molecular flexibility index (Phi) is 2.33. The van der Waals surface area contributed by atoms with Crippen molar-refractivity contribution in [1.29, 1.82) is 0 Å². The van der Waals surface area contributed by atoms with E-state index in [0.29, 0.717) is 5.39 Å². The molecular weight excluding hydrogens is 213 g/mol. The molecule has 1 nitrogen and oxygen atoms in total. The van der Waals surface area contributed by atoms with Gasteiger partial charge >= 0.3 is 0 Å². The van der Waals surface area contributed by atoms with Crippen LogP contribution < -0.4 is 0 Å². The number of aromatic nitrogens is 1. The summed E-state index contributed by atoms with van der Waals surface area (Å²) in [6.07, 6.45) is 1.74. The third-order valence-electron chi connectivity index (χ3n) is 2.81. The molecule has 0 aliphatic rings. The number of fused-ring (bicyclic) bond motifs is 1. The van der Waals surface area contributed by atoms with Crippen LogP contribution in [0.1, 0.15) is 0 Å². The average molecular weight is 223 g/mol. The maximum atomic E-state index is 13.7. The SMILES string of the molecule is Fc1ccc(-c2ccccn2)c2ccccc12. The molecule has 1 aromatic heterocycles. The fourth-order valence-corrected chi connectivity index (χ4v) is 2.01. The molecule has 0 atom stereocenters. The standard InChI is InChI=1S/C15H10FN/c16-14-9-8-13(15-7-3-4-10-17-15)11-5-1-2-6-12(11)14/h1-10H. The van der Waals surface area contributed by atoms with Gasteiger partial charge in [-0.3, -0.25) is 4.98 Å². The molecule has 0 amide bonds. The van der Waals surface area contributed by atoms with E-state index in [1.807, 2.05) is 36.4 Å². The first-order chi connectivity index (χ1) is 8.36. The van der Waals surface area contributed by atoms with Crippen LogP contribution in [-0.2, 0) is 0 Å². The zero-order valence-corrected chi connectivity index (χ0v) is 9.10. The van der Waals surface area contributed by atoms with Gasteiger partial charge in [-0.2, -0.15) is 0 Å². The Balaban J connectivity index is 2.35. The summed E-state index contributed by atoms with van der Waals surface area (Å²) in [7, 11) is 0. The van der Waals surface area contributed by atoms with Crippen LogP contribution >= 0.6 is 0 Å². The molecule has 0 unspecified atom stereocenters. The zero-order chi connectivity index (χ0) is 11.7. The summed E-state index contributed by atoms with van der Waals surface area (Å²) in [5.74, 6) is -0.194. The van der Waals surface area contributed by atoms with Gasteiger partial charge in [0.15, 0.2) is 0 Å². The average Bonchev–Trinajstić information content (AvgIpc) is 2.41. The summed E-state index contributed by atoms with van der Waals surface area (Å²) >= 11 is 0. The van der Waals surface area contributed by atoms with Gasteiger partial charge in [-0.15, -0.1) is 0 Å². The summed E-state index contributed by atoms with van der Waals surface area (Å²) in [5, 5.41) is 1.53. The molecular formula is C15H10FN. The smallest absolute Gasteiger partial charge is 0.131 e. The van der Waals surface area contributed by atoms with Crippen molar-refractivity contribution in [1.82, 2.24) is 4.98 Å². The minimum absolute atomic E-state index is 0.194. The minimum atomic E-state index is -0.194. The first kappa shape index (κ1) is 9.97. The van der Waals surface area contributed by atoms with Crippen molar-refractivity contribution in [3.05, 3.63) is 66.6 Å². The highest BCUT2D eigenvalue weighted by molar-refractivity contribution is 5.96. The van der Waals surface area contributed by atoms with Crippen LogP contribution in [0.3, 0.4) is 0 Å². The molecule has 0 aliphatic heterocycles. The van der Waals surface area contributed by atoms with E-state index in [0.717, 1.165) is 16.6 Å². The highest BCUT2D eigenvalue weighted by Gasteiger charge is 2.07. The van der Waals surface area contributed by atoms with Crippen molar-refractivity contribution in [3.63, 3.8) is 0 Å². The van der Waals surface area contributed by atoms with Crippen molar-refractivity contribution in [2.24, 2.45) is 0 Å². The molecule has 17 heavy (non-hydrogen) atoms. The van der Waals surface area contributed by atoms with Gasteiger partial charge < -0.3 is 0 Å². The monoisotopic (exact) mass is 223 g/mol. The number of pyridine rings is 1. The van der Waals surface area contributed by atoms with Crippen LogP contribution in [0.4, 0.5) is 4.39 Å². The molecule has 0 fully saturated rings. The van der Waals surface area contributed by atoms with E-state index in [9.17, 15) is 4.39 Å². The van der Waals surface area contributed by atoms with Crippen molar-refractivity contribution in [2.75, 3.05) is 0 Å². The Morgan fingerprint density at radius 3 is 2.29 bits per heavy atom. The molecule has 0 saturated carbocycles. The number of halogens is 1. The summed E-state index contributed by atoms with van der Waals surface area (Å²) in [6.45, 7) is 0. The highest BCUT2D eigenvalue weighted by Crippen LogP contribution is 2.28. The van der Waals surface area contributed by atoms with E-state index in [1.165, 1.54) is 6.07 Å². The predicted octanol–water partition coefficient (Wildman–Crippen LogP) is 4.04. The Morgan fingerprint density at radius 1 is 0.765 bits per heavy atom. The summed E-state index contributed by atoms with van der Waals surface area (Å²) in [5.41, 5.74) is 1.83. The fourth-order valence-electron chi connectivity index (χ4n) is 2.01. The van der Waals surface area contributed by atoms with Crippen LogP contribution in [0, 0.1) is 5.82 Å². The second kappa shape index (κ2) is 3.98. The Bertz CT molecular complexity index is 662. The molecule has 0 spiro atoms. The van der Waals surface area contributed by atoms with Gasteiger partial charge in [0, 0.05) is 17.1 Å². The van der Waals surface area contributed by atoms with Gasteiger partial charge in [-0.25, -0.2) is 4.39 Å². The third kappa shape index (κ3) is 1.68. The second-order valence-electron chi connectivity index (χ2n) is 3.86. The van der Waals surface area contributed by atoms with E-state index < -0.39 is 0 Å². The molecule has 3 aromatic rings. The van der Waals surface area contributed by atoms with Crippen LogP contribution in [0.15, 0.2) is 60.8 Å². The van der Waals surface area contributed by atoms with Gasteiger partial charge in [0.05, 0.1) is 5.69 Å². The van der Waals surface area contributed by atoms with Gasteiger partial charge in [0.25, 0.3) is 0 Å². The molecule has 0 bridgehead atoms. The predicted molar refractivity (Wildman–Crippen MR) is 67.1 cm³/mol. The van der Waals surface area contributed by atoms with Crippen molar-refractivity contribution in [2.45, 2.75) is 0 Å². The largest absolute Gasteiger partial charge is 0.256 e. The third-order valence-corrected chi connectivity index (χ3v) is 2.81. The molecule has 2 aromatic carbocycles. The fraction of sp³-hybridized carbons (Fsp3) is 0. The number of hydrogen-bond donors (Lipinski definition) is 0. The van der Waals surface area contributed by atoms with Gasteiger partial charge in [-0.1, -0.05) is 30.3 Å². The van der Waals surface area contributed by atoms with Crippen molar-refractivity contribution >= 4 is 10.8 Å². The zero-order valence-electron chi connectivity index (χ0n) is 9.10. The topological polar surface area (TPSA) is 12.9 Å². The lowest BCUT2D eigenvalue weighted by atomic mass is 10.0. The van der Waals surface area contributed by atoms with Crippen LogP contribution in [-0.4, -0.2) is 4.98 Å². The second-order valence-corrected chi connectivity index (χ2v) is 3.86. The molecule has 2 heteroatoms. The Hall–Kier alpha value is -2.22. The molecule has 3 rings (SSSR count). The minimum Gasteiger partial charge on any atom is -0.256 e. The lowest BCUT2D eigenvalue weighted by Gasteiger charge is -2.06. The highest BCUT2D eigenvalue weighted by atomic mass is 19.1. The van der Waals surface area contributed by atoms with Crippen molar-refractivity contribution < 1.29 is 4.39 Å². The Morgan fingerprint density at radius 2 is 1.53 bits per heavy atom. The molecule has 82 valence electrons. The lowest BCUT2D eigenvalue weighted by molar-refractivity contribution is 0.640.